The Morgan fingerprint density at radius 3 is 2.63 bits per heavy atom. The molecule has 2 aromatic rings. The summed E-state index contributed by atoms with van der Waals surface area (Å²) in [4.78, 5) is 17.0. The van der Waals surface area contributed by atoms with Gasteiger partial charge in [0.2, 0.25) is 0 Å². The van der Waals surface area contributed by atoms with Crippen molar-refractivity contribution < 1.29 is 14.3 Å². The second-order valence-corrected chi connectivity index (χ2v) is 8.16. The summed E-state index contributed by atoms with van der Waals surface area (Å²) in [5.41, 5.74) is 1.65. The highest BCUT2D eigenvalue weighted by atomic mass is 16.5. The molecule has 8 heteroatoms. The number of methoxy groups -OCH3 is 2. The fraction of sp³-hybridized carbons (Fsp3) is 0.591. The maximum Gasteiger partial charge on any atom is 0.276 e. The van der Waals surface area contributed by atoms with Crippen molar-refractivity contribution >= 4 is 5.91 Å². The molecule has 1 unspecified atom stereocenters. The third-order valence-corrected chi connectivity index (χ3v) is 6.08. The molecule has 1 amide bonds. The molecule has 162 valence electrons. The van der Waals surface area contributed by atoms with Crippen molar-refractivity contribution in [3.8, 4) is 11.5 Å². The number of hydrogen-bond acceptors (Lipinski definition) is 6. The Bertz CT molecular complexity index is 862. The maximum atomic E-state index is 12.7. The zero-order valence-corrected chi connectivity index (χ0v) is 17.9. The highest BCUT2D eigenvalue weighted by Gasteiger charge is 2.25. The van der Waals surface area contributed by atoms with Gasteiger partial charge in [0, 0.05) is 26.2 Å². The van der Waals surface area contributed by atoms with Crippen LogP contribution in [0, 0.1) is 0 Å². The average Bonchev–Trinajstić information content (AvgIpc) is 3.29. The van der Waals surface area contributed by atoms with E-state index in [1.54, 1.807) is 14.2 Å². The van der Waals surface area contributed by atoms with Gasteiger partial charge in [0.25, 0.3) is 5.91 Å². The van der Waals surface area contributed by atoms with E-state index in [2.05, 4.69) is 21.3 Å². The van der Waals surface area contributed by atoms with E-state index in [9.17, 15) is 4.79 Å². The van der Waals surface area contributed by atoms with Gasteiger partial charge in [-0.3, -0.25) is 9.69 Å². The van der Waals surface area contributed by atoms with E-state index in [-0.39, 0.29) is 11.9 Å². The lowest BCUT2D eigenvalue weighted by Crippen LogP contribution is -2.36. The first-order valence-corrected chi connectivity index (χ1v) is 10.8. The van der Waals surface area contributed by atoms with Crippen molar-refractivity contribution in [2.45, 2.75) is 44.7 Å². The quantitative estimate of drug-likeness (QED) is 0.725. The number of likely N-dealkylation sites (tertiary alicyclic amines) is 2. The Hall–Kier alpha value is -2.61. The average molecular weight is 414 g/mol. The summed E-state index contributed by atoms with van der Waals surface area (Å²) in [5, 5.41) is 8.49. The molecular weight excluding hydrogens is 382 g/mol. The van der Waals surface area contributed by atoms with Crippen LogP contribution in [0.25, 0.3) is 0 Å². The molecule has 2 saturated heterocycles. The molecule has 2 fully saturated rings. The SMILES string of the molecule is COc1ccc(CN2CCCC(n3cc(C(=O)N4CCCCC4)nn3)C2)cc1OC. The van der Waals surface area contributed by atoms with Crippen molar-refractivity contribution in [1.82, 2.24) is 24.8 Å². The largest absolute Gasteiger partial charge is 0.493 e. The second-order valence-electron chi connectivity index (χ2n) is 8.16. The molecule has 0 N–H and O–H groups in total. The predicted octanol–water partition coefficient (Wildman–Crippen LogP) is 2.76. The summed E-state index contributed by atoms with van der Waals surface area (Å²) in [5.74, 6) is 1.51. The van der Waals surface area contributed by atoms with Crippen molar-refractivity contribution in [3.63, 3.8) is 0 Å². The summed E-state index contributed by atoms with van der Waals surface area (Å²) < 4.78 is 12.7. The normalized spacial score (nSPS) is 20.2. The Kier molecular flexibility index (Phi) is 6.52. The highest BCUT2D eigenvalue weighted by molar-refractivity contribution is 5.91. The number of benzene rings is 1. The van der Waals surface area contributed by atoms with Crippen LogP contribution in [-0.4, -0.2) is 71.1 Å². The lowest BCUT2D eigenvalue weighted by atomic mass is 10.0. The van der Waals surface area contributed by atoms with Gasteiger partial charge in [-0.2, -0.15) is 0 Å². The smallest absolute Gasteiger partial charge is 0.276 e. The minimum atomic E-state index is 0.0129. The van der Waals surface area contributed by atoms with Gasteiger partial charge in [0.1, 0.15) is 0 Å². The lowest BCUT2D eigenvalue weighted by molar-refractivity contribution is 0.0718. The van der Waals surface area contributed by atoms with E-state index in [1.165, 1.54) is 12.0 Å². The van der Waals surface area contributed by atoms with E-state index < -0.39 is 0 Å². The van der Waals surface area contributed by atoms with Crippen LogP contribution < -0.4 is 9.47 Å². The molecule has 0 aliphatic carbocycles. The zero-order chi connectivity index (χ0) is 20.9. The van der Waals surface area contributed by atoms with Crippen molar-refractivity contribution in [3.05, 3.63) is 35.7 Å². The number of amides is 1. The van der Waals surface area contributed by atoms with Crippen LogP contribution in [0.15, 0.2) is 24.4 Å². The van der Waals surface area contributed by atoms with Crippen LogP contribution >= 0.6 is 0 Å². The third kappa shape index (κ3) is 4.59. The molecule has 8 nitrogen and oxygen atoms in total. The van der Waals surface area contributed by atoms with E-state index in [4.69, 9.17) is 9.47 Å². The van der Waals surface area contributed by atoms with E-state index in [0.29, 0.717) is 5.69 Å². The standard InChI is InChI=1S/C22H31N5O3/c1-29-20-9-8-17(13-21(20)30-2)14-25-10-6-7-18(15-25)27-16-19(23-24-27)22(28)26-11-4-3-5-12-26/h8-9,13,16,18H,3-7,10-12,14-15H2,1-2H3. The van der Waals surface area contributed by atoms with E-state index >= 15 is 0 Å². The highest BCUT2D eigenvalue weighted by Crippen LogP contribution is 2.29. The predicted molar refractivity (Wildman–Crippen MR) is 113 cm³/mol. The summed E-state index contributed by atoms with van der Waals surface area (Å²) in [6.45, 7) is 4.42. The van der Waals surface area contributed by atoms with Gasteiger partial charge in [0.05, 0.1) is 26.5 Å². The second kappa shape index (κ2) is 9.47. The molecule has 2 aliphatic rings. The fourth-order valence-electron chi connectivity index (χ4n) is 4.44. The van der Waals surface area contributed by atoms with Crippen LogP contribution in [-0.2, 0) is 6.54 Å². The van der Waals surface area contributed by atoms with Crippen LogP contribution in [0.2, 0.25) is 0 Å². The van der Waals surface area contributed by atoms with Gasteiger partial charge < -0.3 is 14.4 Å². The Morgan fingerprint density at radius 2 is 1.87 bits per heavy atom. The first kappa shape index (κ1) is 20.7. The van der Waals surface area contributed by atoms with E-state index in [0.717, 1.165) is 69.9 Å². The number of hydrogen-bond donors (Lipinski definition) is 0. The minimum Gasteiger partial charge on any atom is -0.493 e. The molecule has 1 aromatic carbocycles. The third-order valence-electron chi connectivity index (χ3n) is 6.08. The van der Waals surface area contributed by atoms with Crippen LogP contribution in [0.3, 0.4) is 0 Å². The first-order chi connectivity index (χ1) is 14.7. The number of piperidine rings is 2. The number of rotatable bonds is 6. The summed E-state index contributed by atoms with van der Waals surface area (Å²) in [7, 11) is 3.31. The topological polar surface area (TPSA) is 72.7 Å². The molecule has 2 aliphatic heterocycles. The van der Waals surface area contributed by atoms with E-state index in [1.807, 2.05) is 27.9 Å². The number of nitrogens with zero attached hydrogens (tertiary/aromatic N) is 5. The summed E-state index contributed by atoms with van der Waals surface area (Å²) in [6, 6.07) is 6.29. The fourth-order valence-corrected chi connectivity index (χ4v) is 4.44. The van der Waals surface area contributed by atoms with Gasteiger partial charge >= 0.3 is 0 Å². The lowest BCUT2D eigenvalue weighted by Gasteiger charge is -2.32. The summed E-state index contributed by atoms with van der Waals surface area (Å²) >= 11 is 0. The Labute approximate surface area is 177 Å². The number of carbonyl (C=O) groups excluding carboxylic acids is 1. The van der Waals surface area contributed by atoms with Gasteiger partial charge in [-0.1, -0.05) is 11.3 Å². The van der Waals surface area contributed by atoms with Crippen LogP contribution in [0.1, 0.15) is 54.2 Å². The van der Waals surface area contributed by atoms with Crippen LogP contribution in [0.5, 0.6) is 11.5 Å². The molecular formula is C22H31N5O3. The molecule has 30 heavy (non-hydrogen) atoms. The molecule has 0 saturated carbocycles. The monoisotopic (exact) mass is 413 g/mol. The summed E-state index contributed by atoms with van der Waals surface area (Å²) in [6.07, 6.45) is 7.33. The van der Waals surface area contributed by atoms with Gasteiger partial charge in [-0.25, -0.2) is 4.68 Å². The Balaban J connectivity index is 1.39. The first-order valence-electron chi connectivity index (χ1n) is 10.8. The zero-order valence-electron chi connectivity index (χ0n) is 17.9. The Morgan fingerprint density at radius 1 is 1.07 bits per heavy atom. The molecule has 1 aromatic heterocycles. The molecule has 1 atom stereocenters. The number of carbonyl (C=O) groups is 1. The maximum absolute atomic E-state index is 12.7. The van der Waals surface area contributed by atoms with Gasteiger partial charge in [-0.05, 0) is 56.3 Å². The van der Waals surface area contributed by atoms with Crippen molar-refractivity contribution in [2.24, 2.45) is 0 Å². The van der Waals surface area contributed by atoms with Crippen molar-refractivity contribution in [1.29, 1.82) is 0 Å². The van der Waals surface area contributed by atoms with Gasteiger partial charge in [0.15, 0.2) is 17.2 Å². The molecule has 0 spiro atoms. The van der Waals surface area contributed by atoms with Gasteiger partial charge in [-0.15, -0.1) is 5.10 Å². The molecule has 0 radical (unpaired) electrons. The van der Waals surface area contributed by atoms with Crippen molar-refractivity contribution in [2.75, 3.05) is 40.4 Å². The number of aromatic nitrogens is 3. The minimum absolute atomic E-state index is 0.0129. The molecule has 4 rings (SSSR count). The number of ether oxygens (including phenoxy) is 2. The molecule has 0 bridgehead atoms. The molecule has 3 heterocycles. The van der Waals surface area contributed by atoms with Crippen LogP contribution in [0.4, 0.5) is 0 Å².